The van der Waals surface area contributed by atoms with E-state index in [0.717, 1.165) is 17.9 Å². The van der Waals surface area contributed by atoms with Crippen molar-refractivity contribution in [3.63, 3.8) is 0 Å². The second-order valence-electron chi connectivity index (χ2n) is 7.64. The van der Waals surface area contributed by atoms with Gasteiger partial charge in [0.2, 0.25) is 0 Å². The van der Waals surface area contributed by atoms with Gasteiger partial charge in [-0.25, -0.2) is 0 Å². The molecule has 0 fully saturated rings. The number of benzene rings is 1. The monoisotopic (exact) mass is 309 g/mol. The molecule has 0 aliphatic carbocycles. The molecule has 1 rings (SSSR count). The summed E-state index contributed by atoms with van der Waals surface area (Å²) in [6, 6.07) is 7.35. The Balaban J connectivity index is 2.35. The van der Waals surface area contributed by atoms with Crippen LogP contribution in [0.1, 0.15) is 41.0 Å². The van der Waals surface area contributed by atoms with Crippen molar-refractivity contribution in [2.45, 2.75) is 52.7 Å². The molecule has 4 heteroatoms. The number of ether oxygens (including phenoxy) is 2. The molecule has 0 aliphatic rings. The van der Waals surface area contributed by atoms with E-state index >= 15 is 0 Å². The largest absolute Gasteiger partial charge is 0.497 e. The molecule has 0 spiro atoms. The zero-order valence-electron chi connectivity index (χ0n) is 14.8. The molecule has 0 radical (unpaired) electrons. The fourth-order valence-electron chi connectivity index (χ4n) is 2.71. The Labute approximate surface area is 134 Å². The van der Waals surface area contributed by atoms with E-state index < -0.39 is 6.10 Å². The third-order valence-electron chi connectivity index (χ3n) is 3.29. The van der Waals surface area contributed by atoms with E-state index in [-0.39, 0.29) is 17.6 Å². The lowest BCUT2D eigenvalue weighted by Crippen LogP contribution is -2.46. The van der Waals surface area contributed by atoms with Gasteiger partial charge in [-0.1, -0.05) is 20.8 Å². The smallest absolute Gasteiger partial charge is 0.119 e. The lowest BCUT2D eigenvalue weighted by atomic mass is 9.82. The van der Waals surface area contributed by atoms with Crippen molar-refractivity contribution in [3.8, 4) is 11.5 Å². The third kappa shape index (κ3) is 7.66. The number of rotatable bonds is 8. The number of aliphatic hydroxyl groups excluding tert-OH is 1. The highest BCUT2D eigenvalue weighted by Crippen LogP contribution is 2.26. The predicted molar refractivity (Wildman–Crippen MR) is 90.6 cm³/mol. The van der Waals surface area contributed by atoms with Gasteiger partial charge in [0.1, 0.15) is 24.2 Å². The maximum atomic E-state index is 10.1. The maximum Gasteiger partial charge on any atom is 0.119 e. The van der Waals surface area contributed by atoms with Crippen molar-refractivity contribution in [2.24, 2.45) is 5.41 Å². The number of hydrogen-bond acceptors (Lipinski definition) is 4. The normalized spacial score (nSPS) is 13.8. The minimum atomic E-state index is -0.540. The number of aliphatic hydroxyl groups is 1. The first-order chi connectivity index (χ1) is 10.1. The Hall–Kier alpha value is -1.26. The predicted octanol–water partition coefficient (Wildman–Crippen LogP) is 3.24. The maximum absolute atomic E-state index is 10.1. The van der Waals surface area contributed by atoms with Gasteiger partial charge >= 0.3 is 0 Å². The van der Waals surface area contributed by atoms with Crippen LogP contribution < -0.4 is 14.8 Å². The van der Waals surface area contributed by atoms with Crippen molar-refractivity contribution in [2.75, 3.05) is 20.3 Å². The van der Waals surface area contributed by atoms with Crippen LogP contribution in [0.15, 0.2) is 24.3 Å². The average molecular weight is 309 g/mol. The summed E-state index contributed by atoms with van der Waals surface area (Å²) in [4.78, 5) is 0. The topological polar surface area (TPSA) is 50.7 Å². The number of nitrogens with one attached hydrogen (secondary N) is 1. The summed E-state index contributed by atoms with van der Waals surface area (Å²) in [5.41, 5.74) is 0.236. The van der Waals surface area contributed by atoms with Crippen LogP contribution in [0.5, 0.6) is 11.5 Å². The Kier molecular flexibility index (Phi) is 6.69. The summed E-state index contributed by atoms with van der Waals surface area (Å²) in [6.45, 7) is 11.8. The van der Waals surface area contributed by atoms with E-state index in [1.807, 2.05) is 24.3 Å². The average Bonchev–Trinajstić information content (AvgIpc) is 2.41. The van der Waals surface area contributed by atoms with Crippen molar-refractivity contribution in [1.29, 1.82) is 0 Å². The first-order valence-corrected chi connectivity index (χ1v) is 7.81. The van der Waals surface area contributed by atoms with Crippen LogP contribution in [-0.4, -0.2) is 37.0 Å². The first-order valence-electron chi connectivity index (χ1n) is 7.81. The van der Waals surface area contributed by atoms with Gasteiger partial charge in [-0.05, 0) is 49.9 Å². The fourth-order valence-corrected chi connectivity index (χ4v) is 2.71. The second kappa shape index (κ2) is 7.84. The molecular weight excluding hydrogens is 278 g/mol. The van der Waals surface area contributed by atoms with E-state index in [4.69, 9.17) is 9.47 Å². The van der Waals surface area contributed by atoms with Crippen LogP contribution in [-0.2, 0) is 0 Å². The minimum absolute atomic E-state index is 0.0145. The molecule has 2 N–H and O–H groups in total. The SMILES string of the molecule is COc1ccc(OCC(O)CNC(C)(C)CC(C)(C)C)cc1. The van der Waals surface area contributed by atoms with Gasteiger partial charge in [0.05, 0.1) is 7.11 Å². The van der Waals surface area contributed by atoms with E-state index in [1.165, 1.54) is 0 Å². The molecule has 22 heavy (non-hydrogen) atoms. The highest BCUT2D eigenvalue weighted by atomic mass is 16.5. The summed E-state index contributed by atoms with van der Waals surface area (Å²) >= 11 is 0. The first kappa shape index (κ1) is 18.8. The summed E-state index contributed by atoms with van der Waals surface area (Å²) in [7, 11) is 1.63. The Morgan fingerprint density at radius 2 is 1.59 bits per heavy atom. The Morgan fingerprint density at radius 1 is 1.05 bits per heavy atom. The van der Waals surface area contributed by atoms with Crippen LogP contribution in [0.2, 0.25) is 0 Å². The summed E-state index contributed by atoms with van der Waals surface area (Å²) in [5.74, 6) is 1.52. The number of β-amino-alcohol motifs (C(OH)–C–C–N with tert-alkyl or cyclic N) is 1. The molecule has 0 aromatic heterocycles. The van der Waals surface area contributed by atoms with Crippen LogP contribution in [0, 0.1) is 5.41 Å². The Bertz CT molecular complexity index is 435. The van der Waals surface area contributed by atoms with Crippen LogP contribution >= 0.6 is 0 Å². The van der Waals surface area contributed by atoms with E-state index in [9.17, 15) is 5.11 Å². The minimum Gasteiger partial charge on any atom is -0.497 e. The number of hydrogen-bond donors (Lipinski definition) is 2. The van der Waals surface area contributed by atoms with Crippen molar-refractivity contribution in [1.82, 2.24) is 5.32 Å². The molecule has 1 aromatic rings. The summed E-state index contributed by atoms with van der Waals surface area (Å²) in [5, 5.41) is 13.5. The van der Waals surface area contributed by atoms with Crippen LogP contribution in [0.25, 0.3) is 0 Å². The zero-order chi connectivity index (χ0) is 16.8. The second-order valence-corrected chi connectivity index (χ2v) is 7.64. The van der Waals surface area contributed by atoms with E-state index in [2.05, 4.69) is 39.9 Å². The van der Waals surface area contributed by atoms with Crippen LogP contribution in [0.4, 0.5) is 0 Å². The fraction of sp³-hybridized carbons (Fsp3) is 0.667. The van der Waals surface area contributed by atoms with Gasteiger partial charge in [-0.2, -0.15) is 0 Å². The highest BCUT2D eigenvalue weighted by molar-refractivity contribution is 5.31. The molecule has 1 atom stereocenters. The van der Waals surface area contributed by atoms with Gasteiger partial charge < -0.3 is 19.9 Å². The molecule has 126 valence electrons. The molecular formula is C18H31NO3. The molecule has 0 saturated carbocycles. The highest BCUT2D eigenvalue weighted by Gasteiger charge is 2.25. The summed E-state index contributed by atoms with van der Waals surface area (Å²) < 4.78 is 10.7. The zero-order valence-corrected chi connectivity index (χ0v) is 14.8. The molecule has 4 nitrogen and oxygen atoms in total. The third-order valence-corrected chi connectivity index (χ3v) is 3.29. The number of methoxy groups -OCH3 is 1. The molecule has 1 unspecified atom stereocenters. The van der Waals surface area contributed by atoms with Gasteiger partial charge in [-0.15, -0.1) is 0 Å². The van der Waals surface area contributed by atoms with Gasteiger partial charge in [0, 0.05) is 12.1 Å². The lowest BCUT2D eigenvalue weighted by molar-refractivity contribution is 0.0944. The van der Waals surface area contributed by atoms with Crippen LogP contribution in [0.3, 0.4) is 0 Å². The van der Waals surface area contributed by atoms with Gasteiger partial charge in [-0.3, -0.25) is 0 Å². The quantitative estimate of drug-likeness (QED) is 0.774. The molecule has 0 saturated heterocycles. The Morgan fingerprint density at radius 3 is 2.09 bits per heavy atom. The van der Waals surface area contributed by atoms with Crippen molar-refractivity contribution in [3.05, 3.63) is 24.3 Å². The van der Waals surface area contributed by atoms with E-state index in [1.54, 1.807) is 7.11 Å². The van der Waals surface area contributed by atoms with Crippen molar-refractivity contribution >= 4 is 0 Å². The van der Waals surface area contributed by atoms with Gasteiger partial charge in [0.25, 0.3) is 0 Å². The molecule has 1 aromatic carbocycles. The molecule has 0 amide bonds. The van der Waals surface area contributed by atoms with Gasteiger partial charge in [0.15, 0.2) is 0 Å². The molecule has 0 bridgehead atoms. The molecule has 0 aliphatic heterocycles. The van der Waals surface area contributed by atoms with Crippen molar-refractivity contribution < 1.29 is 14.6 Å². The summed E-state index contributed by atoms with van der Waals surface area (Å²) in [6.07, 6.45) is 0.493. The van der Waals surface area contributed by atoms with E-state index in [0.29, 0.717) is 6.54 Å². The standard InChI is InChI=1S/C18H31NO3/c1-17(2,3)13-18(4,5)19-11-14(20)12-22-16-9-7-15(21-6)8-10-16/h7-10,14,19-20H,11-13H2,1-6H3. The molecule has 0 heterocycles. The lowest BCUT2D eigenvalue weighted by Gasteiger charge is -2.34.